The highest BCUT2D eigenvalue weighted by atomic mass is 16.3. The molecule has 0 aliphatic rings. The second-order valence-electron chi connectivity index (χ2n) is 14.5. The average molecular weight is 728 g/mol. The van der Waals surface area contributed by atoms with Crippen LogP contribution in [-0.2, 0) is 0 Å². The zero-order chi connectivity index (χ0) is 37.9. The summed E-state index contributed by atoms with van der Waals surface area (Å²) >= 11 is 0. The molecule has 0 amide bonds. The lowest BCUT2D eigenvalue weighted by Crippen LogP contribution is -2.10. The number of rotatable bonds is 6. The van der Waals surface area contributed by atoms with Crippen LogP contribution in [0.1, 0.15) is 5.56 Å². The van der Waals surface area contributed by atoms with E-state index in [2.05, 4.69) is 185 Å². The Balaban J connectivity index is 1.14. The maximum Gasteiger partial charge on any atom is 0.136 e. The monoisotopic (exact) mass is 727 g/mol. The van der Waals surface area contributed by atoms with E-state index in [1.807, 2.05) is 30.3 Å². The average Bonchev–Trinajstić information content (AvgIpc) is 3.82. The molecule has 0 bridgehead atoms. The Labute approximate surface area is 329 Å². The fraction of sp³-hybridized carbons (Fsp3) is 0. The van der Waals surface area contributed by atoms with Crippen LogP contribution < -0.4 is 4.90 Å². The number of nitriles is 1. The molecule has 0 radical (unpaired) electrons. The second-order valence-corrected chi connectivity index (χ2v) is 14.5. The zero-order valence-corrected chi connectivity index (χ0v) is 30.8. The van der Waals surface area contributed by atoms with Crippen molar-refractivity contribution in [1.82, 2.24) is 4.57 Å². The van der Waals surface area contributed by atoms with Crippen molar-refractivity contribution < 1.29 is 4.42 Å². The van der Waals surface area contributed by atoms with Gasteiger partial charge in [0.05, 0.1) is 28.4 Å². The lowest BCUT2D eigenvalue weighted by Gasteiger charge is -2.26. The number of hydrogen-bond acceptors (Lipinski definition) is 3. The van der Waals surface area contributed by atoms with Crippen LogP contribution in [-0.4, -0.2) is 4.57 Å². The van der Waals surface area contributed by atoms with E-state index < -0.39 is 0 Å². The molecule has 0 aliphatic heterocycles. The summed E-state index contributed by atoms with van der Waals surface area (Å²) in [6.45, 7) is 0. The van der Waals surface area contributed by atoms with Crippen LogP contribution in [0.5, 0.6) is 0 Å². The van der Waals surface area contributed by atoms with Gasteiger partial charge in [0.2, 0.25) is 0 Å². The normalized spacial score (nSPS) is 11.5. The summed E-state index contributed by atoms with van der Waals surface area (Å²) in [7, 11) is 0. The van der Waals surface area contributed by atoms with Gasteiger partial charge < -0.3 is 13.9 Å². The third-order valence-corrected chi connectivity index (χ3v) is 11.2. The van der Waals surface area contributed by atoms with Gasteiger partial charge in [0, 0.05) is 49.4 Å². The maximum absolute atomic E-state index is 9.93. The molecule has 0 unspecified atom stereocenters. The van der Waals surface area contributed by atoms with Crippen molar-refractivity contribution in [2.24, 2.45) is 0 Å². The minimum atomic E-state index is 0.674. The molecule has 0 fully saturated rings. The molecule has 0 N–H and O–H groups in total. The van der Waals surface area contributed by atoms with Gasteiger partial charge in [-0.15, -0.1) is 0 Å². The van der Waals surface area contributed by atoms with Crippen molar-refractivity contribution in [3.8, 4) is 34.0 Å². The Bertz CT molecular complexity index is 3330. The standard InChI is InChI=1S/C53H33N3O/c54-34-37-13-11-21-44-43(37)20-12-23-50(44)56-49-22-9-7-18-45(49)48-32-35(26-28-51(48)56)38-29-39(36-25-27-47-46-19-8-10-24-52(46)57-53(47)33-36)31-42(30-38)55(40-14-3-1-4-15-40)41-16-5-2-6-17-41/h1-33H. The van der Waals surface area contributed by atoms with Gasteiger partial charge in [-0.1, -0.05) is 109 Å². The highest BCUT2D eigenvalue weighted by Crippen LogP contribution is 2.43. The van der Waals surface area contributed by atoms with E-state index in [-0.39, 0.29) is 0 Å². The molecule has 4 heteroatoms. The van der Waals surface area contributed by atoms with Crippen molar-refractivity contribution in [1.29, 1.82) is 5.26 Å². The summed E-state index contributed by atoms with van der Waals surface area (Å²) in [5.74, 6) is 0. The van der Waals surface area contributed by atoms with Gasteiger partial charge in [-0.2, -0.15) is 5.26 Å². The van der Waals surface area contributed by atoms with Crippen LogP contribution in [0, 0.1) is 11.3 Å². The first-order valence-electron chi connectivity index (χ1n) is 19.1. The number of benzene rings is 9. The number of aromatic nitrogens is 1. The van der Waals surface area contributed by atoms with E-state index in [4.69, 9.17) is 4.42 Å². The summed E-state index contributed by atoms with van der Waals surface area (Å²) in [5, 5.41) is 16.5. The molecule has 2 heterocycles. The van der Waals surface area contributed by atoms with E-state index in [0.717, 1.165) is 94.1 Å². The van der Waals surface area contributed by atoms with Crippen LogP contribution in [0.3, 0.4) is 0 Å². The number of fused-ring (bicyclic) bond motifs is 7. The molecule has 0 spiro atoms. The van der Waals surface area contributed by atoms with Gasteiger partial charge in [-0.3, -0.25) is 0 Å². The largest absolute Gasteiger partial charge is 0.456 e. The number of furan rings is 1. The minimum absolute atomic E-state index is 0.674. The molecule has 2 aromatic heterocycles. The van der Waals surface area contributed by atoms with Crippen molar-refractivity contribution in [2.75, 3.05) is 4.90 Å². The quantitative estimate of drug-likeness (QED) is 0.171. The molecule has 266 valence electrons. The molecule has 0 aliphatic carbocycles. The first-order chi connectivity index (χ1) is 28.2. The SMILES string of the molecule is N#Cc1cccc2c(-n3c4ccccc4c4cc(-c5cc(-c6ccc7c(c6)oc6ccccc67)cc(N(c6ccccc6)c6ccccc6)c5)ccc43)cccc12. The van der Waals surface area contributed by atoms with Crippen LogP contribution in [0.15, 0.2) is 205 Å². The Morgan fingerprint density at radius 2 is 0.982 bits per heavy atom. The second kappa shape index (κ2) is 13.2. The third kappa shape index (κ3) is 5.37. The molecule has 4 nitrogen and oxygen atoms in total. The fourth-order valence-electron chi connectivity index (χ4n) is 8.58. The number of hydrogen-bond donors (Lipinski definition) is 0. The van der Waals surface area contributed by atoms with Crippen LogP contribution in [0.4, 0.5) is 17.1 Å². The molecule has 57 heavy (non-hydrogen) atoms. The van der Waals surface area contributed by atoms with E-state index in [9.17, 15) is 5.26 Å². The lowest BCUT2D eigenvalue weighted by molar-refractivity contribution is 0.669. The lowest BCUT2D eigenvalue weighted by atomic mass is 9.95. The van der Waals surface area contributed by atoms with Gasteiger partial charge in [0.25, 0.3) is 0 Å². The van der Waals surface area contributed by atoms with E-state index >= 15 is 0 Å². The molecular weight excluding hydrogens is 695 g/mol. The minimum Gasteiger partial charge on any atom is -0.456 e. The van der Waals surface area contributed by atoms with Crippen molar-refractivity contribution in [2.45, 2.75) is 0 Å². The van der Waals surface area contributed by atoms with E-state index in [0.29, 0.717) is 5.56 Å². The molecule has 11 rings (SSSR count). The van der Waals surface area contributed by atoms with Crippen LogP contribution >= 0.6 is 0 Å². The molecule has 0 saturated heterocycles. The summed E-state index contributed by atoms with van der Waals surface area (Å²) < 4.78 is 8.73. The summed E-state index contributed by atoms with van der Waals surface area (Å²) in [4.78, 5) is 2.33. The van der Waals surface area contributed by atoms with Crippen LogP contribution in [0.25, 0.3) is 82.5 Å². The molecule has 0 atom stereocenters. The topological polar surface area (TPSA) is 45.1 Å². The van der Waals surface area contributed by atoms with Gasteiger partial charge in [-0.05, 0) is 113 Å². The van der Waals surface area contributed by atoms with Gasteiger partial charge in [0.15, 0.2) is 0 Å². The Kier molecular flexibility index (Phi) is 7.52. The predicted octanol–water partition coefficient (Wildman–Crippen LogP) is 14.5. The number of nitrogens with zero attached hydrogens (tertiary/aromatic N) is 3. The highest BCUT2D eigenvalue weighted by molar-refractivity contribution is 6.12. The molecule has 11 aromatic rings. The van der Waals surface area contributed by atoms with Crippen molar-refractivity contribution in [3.05, 3.63) is 206 Å². The Morgan fingerprint density at radius 1 is 0.386 bits per heavy atom. The predicted molar refractivity (Wildman–Crippen MR) is 236 cm³/mol. The van der Waals surface area contributed by atoms with Crippen molar-refractivity contribution >= 4 is 71.6 Å². The first kappa shape index (κ1) is 32.6. The highest BCUT2D eigenvalue weighted by Gasteiger charge is 2.19. The Morgan fingerprint density at radius 3 is 1.75 bits per heavy atom. The summed E-state index contributed by atoms with van der Waals surface area (Å²) in [6, 6.07) is 72.8. The first-order valence-corrected chi connectivity index (χ1v) is 19.1. The maximum atomic E-state index is 9.93. The number of anilines is 3. The summed E-state index contributed by atoms with van der Waals surface area (Å²) in [6.07, 6.45) is 0. The summed E-state index contributed by atoms with van der Waals surface area (Å²) in [5.41, 5.74) is 13.3. The third-order valence-electron chi connectivity index (χ3n) is 11.2. The zero-order valence-electron chi connectivity index (χ0n) is 30.8. The van der Waals surface area contributed by atoms with E-state index in [1.54, 1.807) is 0 Å². The molecule has 9 aromatic carbocycles. The molecular formula is C53H33N3O. The smallest absolute Gasteiger partial charge is 0.136 e. The fourth-order valence-corrected chi connectivity index (χ4v) is 8.58. The Hall–Kier alpha value is -7.87. The van der Waals surface area contributed by atoms with Crippen molar-refractivity contribution in [3.63, 3.8) is 0 Å². The molecule has 0 saturated carbocycles. The van der Waals surface area contributed by atoms with Gasteiger partial charge in [0.1, 0.15) is 11.2 Å². The van der Waals surface area contributed by atoms with Gasteiger partial charge >= 0.3 is 0 Å². The number of para-hydroxylation sites is 4. The van der Waals surface area contributed by atoms with Gasteiger partial charge in [-0.25, -0.2) is 0 Å². The van der Waals surface area contributed by atoms with Crippen LogP contribution in [0.2, 0.25) is 0 Å². The van der Waals surface area contributed by atoms with E-state index in [1.165, 1.54) is 5.39 Å².